The first-order chi connectivity index (χ1) is 10.2. The van der Waals surface area contributed by atoms with Crippen molar-refractivity contribution < 1.29 is 5.11 Å². The van der Waals surface area contributed by atoms with Crippen LogP contribution in [0, 0.1) is 0 Å². The molecule has 2 N–H and O–H groups in total. The molecule has 2 aliphatic rings. The molecule has 2 unspecified atom stereocenters. The lowest BCUT2D eigenvalue weighted by molar-refractivity contribution is 0.257. The van der Waals surface area contributed by atoms with Crippen molar-refractivity contribution in [3.8, 4) is 5.75 Å². The van der Waals surface area contributed by atoms with E-state index in [4.69, 9.17) is 0 Å². The number of hydrogen-bond donors (Lipinski definition) is 2. The number of fused-ring (bicyclic) bond motifs is 1. The SMILES string of the molecule is CC1CC(Nc2cccc3c(O)cccc23)CN1C1CC1. The van der Waals surface area contributed by atoms with Crippen LogP contribution in [0.1, 0.15) is 26.2 Å². The molecule has 2 atom stereocenters. The standard InChI is InChI=1S/C18H22N2O/c1-12-10-13(11-20(12)14-8-9-14)19-17-6-2-5-16-15(17)4-3-7-18(16)21/h2-7,12-14,19,21H,8-11H2,1H3. The van der Waals surface area contributed by atoms with Crippen LogP contribution >= 0.6 is 0 Å². The lowest BCUT2D eigenvalue weighted by Crippen LogP contribution is -2.31. The van der Waals surface area contributed by atoms with Gasteiger partial charge in [-0.15, -0.1) is 0 Å². The molecule has 4 rings (SSSR count). The Bertz CT molecular complexity index is 665. The van der Waals surface area contributed by atoms with E-state index < -0.39 is 0 Å². The highest BCUT2D eigenvalue weighted by Gasteiger charge is 2.38. The molecule has 1 saturated carbocycles. The van der Waals surface area contributed by atoms with Crippen LogP contribution in [0.15, 0.2) is 36.4 Å². The van der Waals surface area contributed by atoms with Crippen molar-refractivity contribution in [2.24, 2.45) is 0 Å². The van der Waals surface area contributed by atoms with Crippen molar-refractivity contribution >= 4 is 16.5 Å². The fraction of sp³-hybridized carbons (Fsp3) is 0.444. The number of likely N-dealkylation sites (tertiary alicyclic amines) is 1. The van der Waals surface area contributed by atoms with Gasteiger partial charge in [-0.1, -0.05) is 24.3 Å². The molecule has 110 valence electrons. The van der Waals surface area contributed by atoms with Gasteiger partial charge in [0.15, 0.2) is 0 Å². The molecule has 0 radical (unpaired) electrons. The van der Waals surface area contributed by atoms with Crippen LogP contribution in [0.25, 0.3) is 10.8 Å². The number of aromatic hydroxyl groups is 1. The molecule has 1 aliphatic heterocycles. The van der Waals surface area contributed by atoms with E-state index in [0.29, 0.717) is 17.8 Å². The summed E-state index contributed by atoms with van der Waals surface area (Å²) in [4.78, 5) is 2.65. The minimum Gasteiger partial charge on any atom is -0.507 e. The van der Waals surface area contributed by atoms with Gasteiger partial charge in [-0.3, -0.25) is 4.90 Å². The molecule has 0 spiro atoms. The Balaban J connectivity index is 1.59. The highest BCUT2D eigenvalue weighted by molar-refractivity contribution is 5.97. The van der Waals surface area contributed by atoms with Gasteiger partial charge in [-0.25, -0.2) is 0 Å². The fourth-order valence-corrected chi connectivity index (χ4v) is 3.71. The molecule has 2 aromatic carbocycles. The van der Waals surface area contributed by atoms with E-state index in [0.717, 1.165) is 29.0 Å². The lowest BCUT2D eigenvalue weighted by atomic mass is 10.1. The van der Waals surface area contributed by atoms with E-state index in [1.807, 2.05) is 18.2 Å². The lowest BCUT2D eigenvalue weighted by Gasteiger charge is -2.20. The van der Waals surface area contributed by atoms with Gasteiger partial charge in [-0.2, -0.15) is 0 Å². The number of benzene rings is 2. The highest BCUT2D eigenvalue weighted by Crippen LogP contribution is 2.35. The van der Waals surface area contributed by atoms with Crippen LogP contribution < -0.4 is 5.32 Å². The topological polar surface area (TPSA) is 35.5 Å². The van der Waals surface area contributed by atoms with Crippen LogP contribution in [0.5, 0.6) is 5.75 Å². The maximum absolute atomic E-state index is 9.99. The van der Waals surface area contributed by atoms with Crippen LogP contribution in [-0.4, -0.2) is 34.7 Å². The van der Waals surface area contributed by atoms with Gasteiger partial charge < -0.3 is 10.4 Å². The molecule has 0 amide bonds. The van der Waals surface area contributed by atoms with Crippen molar-refractivity contribution in [2.75, 3.05) is 11.9 Å². The largest absolute Gasteiger partial charge is 0.507 e. The van der Waals surface area contributed by atoms with E-state index in [2.05, 4.69) is 29.3 Å². The van der Waals surface area contributed by atoms with Crippen LogP contribution in [-0.2, 0) is 0 Å². The summed E-state index contributed by atoms with van der Waals surface area (Å²) in [5.74, 6) is 0.357. The van der Waals surface area contributed by atoms with Crippen LogP contribution in [0.4, 0.5) is 5.69 Å². The van der Waals surface area contributed by atoms with Crippen LogP contribution in [0.2, 0.25) is 0 Å². The third-order valence-electron chi connectivity index (χ3n) is 4.90. The summed E-state index contributed by atoms with van der Waals surface area (Å²) in [7, 11) is 0. The number of hydrogen-bond acceptors (Lipinski definition) is 3. The summed E-state index contributed by atoms with van der Waals surface area (Å²) in [5, 5.41) is 15.7. The number of nitrogens with one attached hydrogen (secondary N) is 1. The molecule has 3 heteroatoms. The van der Waals surface area contributed by atoms with Gasteiger partial charge in [0.2, 0.25) is 0 Å². The summed E-state index contributed by atoms with van der Waals surface area (Å²) in [6.45, 7) is 3.48. The minimum absolute atomic E-state index is 0.357. The van der Waals surface area contributed by atoms with Gasteiger partial charge in [-0.05, 0) is 38.3 Å². The van der Waals surface area contributed by atoms with E-state index in [-0.39, 0.29) is 0 Å². The van der Waals surface area contributed by atoms with Gasteiger partial charge in [0.05, 0.1) is 0 Å². The second-order valence-electron chi connectivity index (χ2n) is 6.53. The number of rotatable bonds is 3. The highest BCUT2D eigenvalue weighted by atomic mass is 16.3. The molecule has 2 fully saturated rings. The number of phenolic OH excluding ortho intramolecular Hbond substituents is 1. The molecule has 1 aliphatic carbocycles. The summed E-state index contributed by atoms with van der Waals surface area (Å²) in [6, 6.07) is 13.9. The van der Waals surface area contributed by atoms with Crippen molar-refractivity contribution in [2.45, 2.75) is 44.3 Å². The number of nitrogens with zero attached hydrogens (tertiary/aromatic N) is 1. The maximum atomic E-state index is 9.99. The molecule has 1 saturated heterocycles. The van der Waals surface area contributed by atoms with Crippen molar-refractivity contribution in [3.63, 3.8) is 0 Å². The predicted octanol–water partition coefficient (Wildman–Crippen LogP) is 3.58. The number of phenols is 1. The first kappa shape index (κ1) is 13.0. The third-order valence-corrected chi connectivity index (χ3v) is 4.90. The van der Waals surface area contributed by atoms with Gasteiger partial charge in [0.1, 0.15) is 5.75 Å². The quantitative estimate of drug-likeness (QED) is 0.903. The normalized spacial score (nSPS) is 26.3. The Hall–Kier alpha value is -1.74. The van der Waals surface area contributed by atoms with E-state index in [1.54, 1.807) is 6.07 Å². The summed E-state index contributed by atoms with van der Waals surface area (Å²) in [5.41, 5.74) is 1.14. The summed E-state index contributed by atoms with van der Waals surface area (Å²) < 4.78 is 0. The third kappa shape index (κ3) is 2.36. The summed E-state index contributed by atoms with van der Waals surface area (Å²) >= 11 is 0. The van der Waals surface area contributed by atoms with Gasteiger partial charge in [0.25, 0.3) is 0 Å². The second-order valence-corrected chi connectivity index (χ2v) is 6.53. The maximum Gasteiger partial charge on any atom is 0.123 e. The smallest absolute Gasteiger partial charge is 0.123 e. The Morgan fingerprint density at radius 3 is 2.67 bits per heavy atom. The molecular formula is C18H22N2O. The summed E-state index contributed by atoms with van der Waals surface area (Å²) in [6.07, 6.45) is 3.95. The molecular weight excluding hydrogens is 260 g/mol. The average molecular weight is 282 g/mol. The molecule has 0 bridgehead atoms. The van der Waals surface area contributed by atoms with Crippen LogP contribution in [0.3, 0.4) is 0 Å². The van der Waals surface area contributed by atoms with Gasteiger partial charge in [0, 0.05) is 41.1 Å². The molecule has 0 aromatic heterocycles. The van der Waals surface area contributed by atoms with Crippen molar-refractivity contribution in [1.82, 2.24) is 4.90 Å². The Morgan fingerprint density at radius 2 is 1.86 bits per heavy atom. The zero-order valence-corrected chi connectivity index (χ0v) is 12.4. The first-order valence-corrected chi connectivity index (χ1v) is 7.95. The predicted molar refractivity (Wildman–Crippen MR) is 86.8 cm³/mol. The molecule has 1 heterocycles. The molecule has 2 aromatic rings. The van der Waals surface area contributed by atoms with Gasteiger partial charge >= 0.3 is 0 Å². The Labute approximate surface area is 125 Å². The average Bonchev–Trinajstić information content (AvgIpc) is 3.25. The zero-order valence-electron chi connectivity index (χ0n) is 12.4. The van der Waals surface area contributed by atoms with E-state index >= 15 is 0 Å². The first-order valence-electron chi connectivity index (χ1n) is 7.95. The monoisotopic (exact) mass is 282 g/mol. The van der Waals surface area contributed by atoms with E-state index in [9.17, 15) is 5.11 Å². The molecule has 3 nitrogen and oxygen atoms in total. The van der Waals surface area contributed by atoms with Crippen molar-refractivity contribution in [1.29, 1.82) is 0 Å². The van der Waals surface area contributed by atoms with E-state index in [1.165, 1.54) is 19.3 Å². The molecule has 21 heavy (non-hydrogen) atoms. The van der Waals surface area contributed by atoms with Crippen molar-refractivity contribution in [3.05, 3.63) is 36.4 Å². The fourth-order valence-electron chi connectivity index (χ4n) is 3.71. The number of anilines is 1. The Kier molecular flexibility index (Phi) is 3.03. The zero-order chi connectivity index (χ0) is 14.4. The second kappa shape index (κ2) is 4.92. The Morgan fingerprint density at radius 1 is 1.10 bits per heavy atom. The minimum atomic E-state index is 0.357.